The lowest BCUT2D eigenvalue weighted by atomic mass is 10.1. The highest BCUT2D eigenvalue weighted by atomic mass is 16.1. The van der Waals surface area contributed by atoms with Crippen molar-refractivity contribution in [2.24, 2.45) is 4.99 Å². The predicted octanol–water partition coefficient (Wildman–Crippen LogP) is 0.625. The summed E-state index contributed by atoms with van der Waals surface area (Å²) in [5, 5.41) is 6.16. The van der Waals surface area contributed by atoms with E-state index in [1.807, 2.05) is 0 Å². The van der Waals surface area contributed by atoms with Crippen LogP contribution in [0.25, 0.3) is 0 Å². The molecule has 0 unspecified atom stereocenters. The van der Waals surface area contributed by atoms with E-state index in [1.54, 1.807) is 0 Å². The van der Waals surface area contributed by atoms with E-state index < -0.39 is 0 Å². The van der Waals surface area contributed by atoms with Gasteiger partial charge in [0.1, 0.15) is 5.71 Å². The van der Waals surface area contributed by atoms with Gasteiger partial charge in [0.25, 0.3) is 5.91 Å². The van der Waals surface area contributed by atoms with Crippen molar-refractivity contribution in [2.75, 3.05) is 13.1 Å². The first-order valence-corrected chi connectivity index (χ1v) is 5.10. The normalized spacial score (nSPS) is 18.3. The topological polar surface area (TPSA) is 53.5 Å². The van der Waals surface area contributed by atoms with E-state index in [2.05, 4.69) is 28.8 Å². The molecule has 1 aliphatic rings. The SMILES string of the molecule is C=C/N=C(\C=C)C(=O)NC1CCNCC1. The van der Waals surface area contributed by atoms with Gasteiger partial charge in [-0.05, 0) is 32.0 Å². The van der Waals surface area contributed by atoms with Crippen LogP contribution in [-0.2, 0) is 4.79 Å². The van der Waals surface area contributed by atoms with Crippen LogP contribution >= 0.6 is 0 Å². The molecule has 0 saturated carbocycles. The molecule has 0 aromatic heterocycles. The van der Waals surface area contributed by atoms with E-state index in [4.69, 9.17) is 0 Å². The van der Waals surface area contributed by atoms with Gasteiger partial charge in [-0.25, -0.2) is 0 Å². The summed E-state index contributed by atoms with van der Waals surface area (Å²) in [6.07, 6.45) is 4.71. The number of piperidine rings is 1. The quantitative estimate of drug-likeness (QED) is 0.664. The molecule has 2 N–H and O–H groups in total. The minimum Gasteiger partial charge on any atom is -0.348 e. The Morgan fingerprint density at radius 3 is 2.60 bits per heavy atom. The van der Waals surface area contributed by atoms with E-state index >= 15 is 0 Å². The maximum Gasteiger partial charge on any atom is 0.270 e. The van der Waals surface area contributed by atoms with Gasteiger partial charge in [-0.15, -0.1) is 0 Å². The van der Waals surface area contributed by atoms with Crippen molar-refractivity contribution in [3.05, 3.63) is 25.4 Å². The Morgan fingerprint density at radius 1 is 1.40 bits per heavy atom. The highest BCUT2D eigenvalue weighted by Crippen LogP contribution is 2.01. The summed E-state index contributed by atoms with van der Waals surface area (Å²) in [7, 11) is 0. The number of aliphatic imine (C=N–C) groups is 1. The van der Waals surface area contributed by atoms with E-state index in [-0.39, 0.29) is 11.9 Å². The van der Waals surface area contributed by atoms with Gasteiger partial charge >= 0.3 is 0 Å². The molecule has 1 heterocycles. The lowest BCUT2D eigenvalue weighted by molar-refractivity contribution is -0.115. The summed E-state index contributed by atoms with van der Waals surface area (Å²) in [6.45, 7) is 8.90. The van der Waals surface area contributed by atoms with Crippen LogP contribution in [0.3, 0.4) is 0 Å². The van der Waals surface area contributed by atoms with Gasteiger partial charge < -0.3 is 10.6 Å². The molecular formula is C11H17N3O. The molecule has 0 atom stereocenters. The predicted molar refractivity (Wildman–Crippen MR) is 61.9 cm³/mol. The molecule has 1 amide bonds. The average molecular weight is 207 g/mol. The molecule has 1 saturated heterocycles. The number of nitrogens with one attached hydrogen (secondary N) is 2. The summed E-state index contributed by atoms with van der Waals surface area (Å²) in [5.41, 5.74) is 0.323. The van der Waals surface area contributed by atoms with Crippen LogP contribution in [-0.4, -0.2) is 30.8 Å². The van der Waals surface area contributed by atoms with E-state index in [0.717, 1.165) is 25.9 Å². The molecule has 1 fully saturated rings. The minimum absolute atomic E-state index is 0.170. The Labute approximate surface area is 90.2 Å². The third-order valence-electron chi connectivity index (χ3n) is 2.33. The monoisotopic (exact) mass is 207 g/mol. The van der Waals surface area contributed by atoms with Gasteiger partial charge in [0.2, 0.25) is 0 Å². The summed E-state index contributed by atoms with van der Waals surface area (Å²) in [6, 6.07) is 0.244. The second-order valence-electron chi connectivity index (χ2n) is 3.40. The fourth-order valence-electron chi connectivity index (χ4n) is 1.53. The molecule has 4 nitrogen and oxygen atoms in total. The van der Waals surface area contributed by atoms with Gasteiger partial charge in [0.05, 0.1) is 0 Å². The summed E-state index contributed by atoms with van der Waals surface area (Å²) in [4.78, 5) is 15.5. The number of hydrogen-bond donors (Lipinski definition) is 2. The van der Waals surface area contributed by atoms with Crippen molar-refractivity contribution >= 4 is 11.6 Å². The van der Waals surface area contributed by atoms with Crippen LogP contribution in [0.2, 0.25) is 0 Å². The third kappa shape index (κ3) is 3.67. The zero-order valence-electron chi connectivity index (χ0n) is 8.83. The van der Waals surface area contributed by atoms with Crippen LogP contribution in [0, 0.1) is 0 Å². The van der Waals surface area contributed by atoms with Crippen LogP contribution in [0.5, 0.6) is 0 Å². The lowest BCUT2D eigenvalue weighted by Crippen LogP contribution is -2.44. The van der Waals surface area contributed by atoms with Crippen molar-refractivity contribution in [3.63, 3.8) is 0 Å². The zero-order valence-corrected chi connectivity index (χ0v) is 8.83. The first-order valence-electron chi connectivity index (χ1n) is 5.10. The molecule has 0 radical (unpaired) electrons. The van der Waals surface area contributed by atoms with Crippen LogP contribution < -0.4 is 10.6 Å². The zero-order chi connectivity index (χ0) is 11.1. The van der Waals surface area contributed by atoms with Gasteiger partial charge in [0, 0.05) is 12.2 Å². The fraction of sp³-hybridized carbons (Fsp3) is 0.455. The van der Waals surface area contributed by atoms with Gasteiger partial charge in [0.15, 0.2) is 0 Å². The Kier molecular flexibility index (Phi) is 4.77. The number of amides is 1. The Balaban J connectivity index is 2.49. The number of carbonyl (C=O) groups excluding carboxylic acids is 1. The van der Waals surface area contributed by atoms with Crippen molar-refractivity contribution in [1.29, 1.82) is 0 Å². The highest BCUT2D eigenvalue weighted by Gasteiger charge is 2.16. The number of carbonyl (C=O) groups is 1. The second-order valence-corrected chi connectivity index (χ2v) is 3.40. The molecule has 4 heteroatoms. The second kappa shape index (κ2) is 6.14. The fourth-order valence-corrected chi connectivity index (χ4v) is 1.53. The molecule has 15 heavy (non-hydrogen) atoms. The minimum atomic E-state index is -0.170. The van der Waals surface area contributed by atoms with E-state index in [1.165, 1.54) is 12.3 Å². The molecule has 0 aliphatic carbocycles. The van der Waals surface area contributed by atoms with Crippen molar-refractivity contribution in [3.8, 4) is 0 Å². The molecule has 0 aromatic rings. The van der Waals surface area contributed by atoms with E-state index in [9.17, 15) is 4.79 Å². The first-order chi connectivity index (χ1) is 7.27. The van der Waals surface area contributed by atoms with Crippen molar-refractivity contribution in [1.82, 2.24) is 10.6 Å². The Hall–Kier alpha value is -1.42. The number of rotatable bonds is 4. The summed E-state index contributed by atoms with van der Waals surface area (Å²) >= 11 is 0. The smallest absolute Gasteiger partial charge is 0.270 e. The molecule has 1 rings (SSSR count). The molecule has 0 bridgehead atoms. The Bertz CT molecular complexity index is 278. The Morgan fingerprint density at radius 2 is 2.07 bits per heavy atom. The number of hydrogen-bond acceptors (Lipinski definition) is 3. The summed E-state index contributed by atoms with van der Waals surface area (Å²) in [5.74, 6) is -0.170. The van der Waals surface area contributed by atoms with Crippen molar-refractivity contribution < 1.29 is 4.79 Å². The lowest BCUT2D eigenvalue weighted by Gasteiger charge is -2.23. The molecular weight excluding hydrogens is 190 g/mol. The van der Waals surface area contributed by atoms with E-state index in [0.29, 0.717) is 5.71 Å². The molecule has 0 spiro atoms. The maximum atomic E-state index is 11.7. The third-order valence-corrected chi connectivity index (χ3v) is 2.33. The van der Waals surface area contributed by atoms with Crippen molar-refractivity contribution in [2.45, 2.75) is 18.9 Å². The standard InChI is InChI=1S/C11H17N3O/c1-3-10(13-4-2)11(15)14-9-5-7-12-8-6-9/h3-4,9,12H,1-2,5-8H2,(H,14,15)/b13-10+. The molecule has 82 valence electrons. The maximum absolute atomic E-state index is 11.7. The summed E-state index contributed by atoms with van der Waals surface area (Å²) < 4.78 is 0. The van der Waals surface area contributed by atoms with Crippen LogP contribution in [0.1, 0.15) is 12.8 Å². The molecule has 0 aromatic carbocycles. The van der Waals surface area contributed by atoms with Gasteiger partial charge in [-0.1, -0.05) is 13.2 Å². The first kappa shape index (κ1) is 11.7. The largest absolute Gasteiger partial charge is 0.348 e. The average Bonchev–Trinajstić information content (AvgIpc) is 2.27. The highest BCUT2D eigenvalue weighted by molar-refractivity contribution is 6.43. The number of nitrogens with zero attached hydrogens (tertiary/aromatic N) is 1. The van der Waals surface area contributed by atoms with Gasteiger partial charge in [-0.3, -0.25) is 9.79 Å². The van der Waals surface area contributed by atoms with Crippen LogP contribution in [0.15, 0.2) is 30.4 Å². The van der Waals surface area contributed by atoms with Gasteiger partial charge in [-0.2, -0.15) is 0 Å². The molecule has 1 aliphatic heterocycles. The van der Waals surface area contributed by atoms with Crippen LogP contribution in [0.4, 0.5) is 0 Å².